The smallest absolute Gasteiger partial charge is 0.254 e. The minimum Gasteiger partial charge on any atom is -0.445 e. The van der Waals surface area contributed by atoms with E-state index in [1.54, 1.807) is 29.2 Å². The lowest BCUT2D eigenvalue weighted by Gasteiger charge is -2.25. The summed E-state index contributed by atoms with van der Waals surface area (Å²) in [6.07, 6.45) is 1.30. The number of amides is 1. The van der Waals surface area contributed by atoms with Crippen LogP contribution >= 0.6 is 0 Å². The van der Waals surface area contributed by atoms with Crippen molar-refractivity contribution in [3.8, 4) is 6.07 Å². The first kappa shape index (κ1) is 16.1. The Morgan fingerprint density at radius 1 is 1.19 bits per heavy atom. The van der Waals surface area contributed by atoms with Crippen molar-refractivity contribution in [1.29, 1.82) is 5.26 Å². The van der Waals surface area contributed by atoms with E-state index in [9.17, 15) is 4.79 Å². The van der Waals surface area contributed by atoms with Gasteiger partial charge < -0.3 is 9.32 Å². The van der Waals surface area contributed by atoms with Gasteiger partial charge in [-0.3, -0.25) is 4.79 Å². The molecule has 0 aliphatic carbocycles. The fraction of sp³-hybridized carbons (Fsp3) is 0.190. The van der Waals surface area contributed by atoms with Crippen molar-refractivity contribution >= 4 is 5.91 Å². The highest BCUT2D eigenvalue weighted by molar-refractivity contribution is 5.94. The Bertz CT molecular complexity index is 986. The summed E-state index contributed by atoms with van der Waals surface area (Å²) in [6, 6.07) is 18.9. The molecule has 0 radical (unpaired) electrons. The number of nitrogens with zero attached hydrogens (tertiary/aromatic N) is 3. The number of aromatic nitrogens is 1. The van der Waals surface area contributed by atoms with Crippen LogP contribution in [0, 0.1) is 11.3 Å². The van der Waals surface area contributed by atoms with E-state index in [1.807, 2.05) is 30.3 Å². The van der Waals surface area contributed by atoms with Gasteiger partial charge in [-0.15, -0.1) is 0 Å². The normalized spacial score (nSPS) is 13.1. The predicted octanol–water partition coefficient (Wildman–Crippen LogP) is 3.34. The number of oxazole rings is 1. The van der Waals surface area contributed by atoms with Crippen LogP contribution in [0.25, 0.3) is 0 Å². The molecule has 26 heavy (non-hydrogen) atoms. The standard InChI is InChI=1S/C21H17N3O2/c22-13-16-7-4-8-17(11-16)21(25)24-10-9-19-18(14-24)23-20(26-19)12-15-5-2-1-3-6-15/h1-8,11H,9-10,12,14H2. The summed E-state index contributed by atoms with van der Waals surface area (Å²) in [4.78, 5) is 19.1. The van der Waals surface area contributed by atoms with Crippen LogP contribution in [0.3, 0.4) is 0 Å². The maximum Gasteiger partial charge on any atom is 0.254 e. The molecule has 4 rings (SSSR count). The molecule has 0 atom stereocenters. The molecule has 0 spiro atoms. The van der Waals surface area contributed by atoms with Gasteiger partial charge in [-0.25, -0.2) is 4.98 Å². The number of hydrogen-bond donors (Lipinski definition) is 0. The molecule has 0 fully saturated rings. The number of carbonyl (C=O) groups excluding carboxylic acids is 1. The van der Waals surface area contributed by atoms with Crippen molar-refractivity contribution in [3.63, 3.8) is 0 Å². The molecule has 3 aromatic rings. The second-order valence-electron chi connectivity index (χ2n) is 6.31. The summed E-state index contributed by atoms with van der Waals surface area (Å²) in [6.45, 7) is 1.02. The van der Waals surface area contributed by atoms with E-state index >= 15 is 0 Å². The van der Waals surface area contributed by atoms with Crippen LogP contribution in [0.1, 0.15) is 38.8 Å². The van der Waals surface area contributed by atoms with Gasteiger partial charge in [0.1, 0.15) is 11.5 Å². The molecule has 0 bridgehead atoms. The average molecular weight is 343 g/mol. The molecule has 0 saturated heterocycles. The number of rotatable bonds is 3. The SMILES string of the molecule is N#Cc1cccc(C(=O)N2CCc3oc(Cc4ccccc4)nc3C2)c1. The number of fused-ring (bicyclic) bond motifs is 1. The zero-order chi connectivity index (χ0) is 17.9. The molecular weight excluding hydrogens is 326 g/mol. The Kier molecular flexibility index (Phi) is 4.24. The van der Waals surface area contributed by atoms with Crippen molar-refractivity contribution in [2.75, 3.05) is 6.54 Å². The summed E-state index contributed by atoms with van der Waals surface area (Å²) in [5.41, 5.74) is 2.99. The van der Waals surface area contributed by atoms with Crippen LogP contribution in [-0.4, -0.2) is 22.3 Å². The number of carbonyl (C=O) groups is 1. The molecule has 0 unspecified atom stereocenters. The van der Waals surface area contributed by atoms with E-state index in [-0.39, 0.29) is 5.91 Å². The monoisotopic (exact) mass is 343 g/mol. The summed E-state index contributed by atoms with van der Waals surface area (Å²) in [5.74, 6) is 1.47. The molecule has 1 aliphatic rings. The van der Waals surface area contributed by atoms with Gasteiger partial charge in [0.25, 0.3) is 5.91 Å². The van der Waals surface area contributed by atoms with Crippen molar-refractivity contribution in [2.24, 2.45) is 0 Å². The molecule has 2 heterocycles. The summed E-state index contributed by atoms with van der Waals surface area (Å²) in [5, 5.41) is 9.01. The molecule has 5 heteroatoms. The summed E-state index contributed by atoms with van der Waals surface area (Å²) >= 11 is 0. The molecule has 2 aromatic carbocycles. The first-order chi connectivity index (χ1) is 12.7. The molecule has 0 saturated carbocycles. The molecule has 1 aliphatic heterocycles. The van der Waals surface area contributed by atoms with E-state index in [2.05, 4.69) is 11.1 Å². The van der Waals surface area contributed by atoms with Gasteiger partial charge in [-0.1, -0.05) is 36.4 Å². The Morgan fingerprint density at radius 2 is 2.04 bits per heavy atom. The van der Waals surface area contributed by atoms with Gasteiger partial charge >= 0.3 is 0 Å². The van der Waals surface area contributed by atoms with Crippen molar-refractivity contribution in [1.82, 2.24) is 9.88 Å². The number of hydrogen-bond acceptors (Lipinski definition) is 4. The quantitative estimate of drug-likeness (QED) is 0.731. The lowest BCUT2D eigenvalue weighted by atomic mass is 10.1. The average Bonchev–Trinajstić information content (AvgIpc) is 3.09. The maximum atomic E-state index is 12.7. The predicted molar refractivity (Wildman–Crippen MR) is 95.4 cm³/mol. The maximum absolute atomic E-state index is 12.7. The largest absolute Gasteiger partial charge is 0.445 e. The van der Waals surface area contributed by atoms with Crippen LogP contribution in [0.2, 0.25) is 0 Å². The second-order valence-corrected chi connectivity index (χ2v) is 6.31. The van der Waals surface area contributed by atoms with Crippen LogP contribution < -0.4 is 0 Å². The summed E-state index contributed by atoms with van der Waals surface area (Å²) in [7, 11) is 0. The Morgan fingerprint density at radius 3 is 2.85 bits per heavy atom. The highest BCUT2D eigenvalue weighted by atomic mass is 16.4. The van der Waals surface area contributed by atoms with Crippen molar-refractivity contribution < 1.29 is 9.21 Å². The molecule has 5 nitrogen and oxygen atoms in total. The van der Waals surface area contributed by atoms with Gasteiger partial charge in [-0.05, 0) is 23.8 Å². The van der Waals surface area contributed by atoms with Crippen LogP contribution in [0.4, 0.5) is 0 Å². The zero-order valence-corrected chi connectivity index (χ0v) is 14.2. The second kappa shape index (κ2) is 6.85. The van der Waals surface area contributed by atoms with E-state index < -0.39 is 0 Å². The fourth-order valence-electron chi connectivity index (χ4n) is 3.18. The molecule has 1 amide bonds. The van der Waals surface area contributed by atoms with Gasteiger partial charge in [0.05, 0.1) is 18.2 Å². The van der Waals surface area contributed by atoms with E-state index in [0.29, 0.717) is 42.9 Å². The third-order valence-corrected chi connectivity index (χ3v) is 4.50. The van der Waals surface area contributed by atoms with Crippen LogP contribution in [0.15, 0.2) is 59.0 Å². The summed E-state index contributed by atoms with van der Waals surface area (Å²) < 4.78 is 5.89. The van der Waals surface area contributed by atoms with Gasteiger partial charge in [0.15, 0.2) is 5.89 Å². The van der Waals surface area contributed by atoms with Crippen molar-refractivity contribution in [2.45, 2.75) is 19.4 Å². The number of benzene rings is 2. The van der Waals surface area contributed by atoms with Crippen LogP contribution in [-0.2, 0) is 19.4 Å². The topological polar surface area (TPSA) is 70.1 Å². The third kappa shape index (κ3) is 3.22. The minimum absolute atomic E-state index is 0.0830. The molecule has 1 aromatic heterocycles. The Labute approximate surface area is 151 Å². The molecular formula is C21H17N3O2. The first-order valence-corrected chi connectivity index (χ1v) is 8.54. The molecule has 128 valence electrons. The van der Waals surface area contributed by atoms with Gasteiger partial charge in [0.2, 0.25) is 0 Å². The number of nitriles is 1. The molecule has 0 N–H and O–H groups in total. The van der Waals surface area contributed by atoms with Crippen molar-refractivity contribution in [3.05, 3.63) is 88.6 Å². The highest BCUT2D eigenvalue weighted by Gasteiger charge is 2.26. The minimum atomic E-state index is -0.0830. The lowest BCUT2D eigenvalue weighted by Crippen LogP contribution is -2.35. The van der Waals surface area contributed by atoms with E-state index in [0.717, 1.165) is 17.0 Å². The Hall–Kier alpha value is -3.39. The van der Waals surface area contributed by atoms with Gasteiger partial charge in [-0.2, -0.15) is 5.26 Å². The fourth-order valence-corrected chi connectivity index (χ4v) is 3.18. The third-order valence-electron chi connectivity index (χ3n) is 4.50. The Balaban J connectivity index is 1.51. The van der Waals surface area contributed by atoms with Gasteiger partial charge in [0, 0.05) is 24.9 Å². The first-order valence-electron chi connectivity index (χ1n) is 8.54. The highest BCUT2D eigenvalue weighted by Crippen LogP contribution is 2.23. The van der Waals surface area contributed by atoms with Crippen LogP contribution in [0.5, 0.6) is 0 Å². The van der Waals surface area contributed by atoms with E-state index in [1.165, 1.54) is 0 Å². The zero-order valence-electron chi connectivity index (χ0n) is 14.2. The van der Waals surface area contributed by atoms with E-state index in [4.69, 9.17) is 9.68 Å². The lowest BCUT2D eigenvalue weighted by molar-refractivity contribution is 0.0728.